The topological polar surface area (TPSA) is 89.8 Å². The molecule has 0 fully saturated rings. The molecule has 0 aliphatic rings. The molecular weight excluding hydrogens is 313 g/mol. The van der Waals surface area contributed by atoms with E-state index in [9.17, 15) is 8.42 Å². The third-order valence-electron chi connectivity index (χ3n) is 2.27. The lowest BCUT2D eigenvalue weighted by molar-refractivity contribution is 0.598. The molecule has 0 aliphatic carbocycles. The molecule has 102 valence electrons. The zero-order chi connectivity index (χ0) is 14.2. The van der Waals surface area contributed by atoms with Crippen molar-refractivity contribution in [3.8, 4) is 0 Å². The number of nitrogens with one attached hydrogen (secondary N) is 1. The van der Waals surface area contributed by atoms with E-state index in [2.05, 4.69) is 19.7 Å². The van der Waals surface area contributed by atoms with Crippen LogP contribution >= 0.6 is 23.2 Å². The van der Waals surface area contributed by atoms with Crippen LogP contribution in [-0.4, -0.2) is 27.9 Å². The summed E-state index contributed by atoms with van der Waals surface area (Å²) in [5, 5.41) is -0.226. The Bertz CT molecular complexity index is 688. The van der Waals surface area contributed by atoms with Crippen LogP contribution in [0.25, 0.3) is 0 Å². The third-order valence-corrected chi connectivity index (χ3v) is 3.86. The van der Waals surface area contributed by atoms with Crippen LogP contribution in [0.5, 0.6) is 0 Å². The number of nitrogens with zero attached hydrogens (tertiary/aromatic N) is 4. The first-order valence-corrected chi connectivity index (χ1v) is 7.25. The van der Waals surface area contributed by atoms with Crippen LogP contribution < -0.4 is 4.72 Å². The summed E-state index contributed by atoms with van der Waals surface area (Å²) in [6.07, 6.45) is 1.39. The van der Waals surface area contributed by atoms with Gasteiger partial charge in [-0.25, -0.2) is 9.97 Å². The largest absolute Gasteiger partial charge is 0.337 e. The van der Waals surface area contributed by atoms with Gasteiger partial charge in [0.25, 0.3) is 10.0 Å². The molecule has 0 aromatic carbocycles. The Labute approximate surface area is 119 Å². The monoisotopic (exact) mass is 321 g/mol. The molecule has 0 spiro atoms. The molecule has 0 bridgehead atoms. The Kier molecular flexibility index (Phi) is 3.66. The zero-order valence-corrected chi connectivity index (χ0v) is 12.3. The SMILES string of the molecule is Cc1nc(S(=O)(=O)Nc2cc(Cl)nc(Cl)n2)cn1C. The first-order valence-electron chi connectivity index (χ1n) is 5.01. The summed E-state index contributed by atoms with van der Waals surface area (Å²) in [5.41, 5.74) is 0. The molecule has 19 heavy (non-hydrogen) atoms. The molecule has 7 nitrogen and oxygen atoms in total. The van der Waals surface area contributed by atoms with Crippen molar-refractivity contribution < 1.29 is 8.42 Å². The molecule has 0 atom stereocenters. The minimum Gasteiger partial charge on any atom is -0.337 e. The first kappa shape index (κ1) is 14.0. The van der Waals surface area contributed by atoms with E-state index >= 15 is 0 Å². The zero-order valence-electron chi connectivity index (χ0n) is 9.92. The number of rotatable bonds is 3. The lowest BCUT2D eigenvalue weighted by atomic mass is 10.6. The van der Waals surface area contributed by atoms with Gasteiger partial charge in [0.05, 0.1) is 0 Å². The average Bonchev–Trinajstić information content (AvgIpc) is 2.57. The highest BCUT2D eigenvalue weighted by Crippen LogP contribution is 2.18. The molecule has 2 aromatic heterocycles. The average molecular weight is 322 g/mol. The predicted molar refractivity (Wildman–Crippen MR) is 70.8 cm³/mol. The molecule has 0 aliphatic heterocycles. The van der Waals surface area contributed by atoms with E-state index in [-0.39, 0.29) is 21.3 Å². The van der Waals surface area contributed by atoms with Crippen molar-refractivity contribution in [2.24, 2.45) is 7.05 Å². The van der Waals surface area contributed by atoms with Gasteiger partial charge in [-0.15, -0.1) is 0 Å². The Morgan fingerprint density at radius 1 is 1.26 bits per heavy atom. The molecular formula is C9H9Cl2N5O2S. The van der Waals surface area contributed by atoms with Crippen LogP contribution in [0.3, 0.4) is 0 Å². The molecule has 0 saturated heterocycles. The van der Waals surface area contributed by atoms with Gasteiger partial charge in [0.15, 0.2) is 5.03 Å². The summed E-state index contributed by atoms with van der Waals surface area (Å²) >= 11 is 11.3. The maximum absolute atomic E-state index is 12.1. The fourth-order valence-corrected chi connectivity index (χ4v) is 2.73. The van der Waals surface area contributed by atoms with Crippen LogP contribution in [0.15, 0.2) is 17.3 Å². The van der Waals surface area contributed by atoms with Gasteiger partial charge < -0.3 is 4.57 Å². The van der Waals surface area contributed by atoms with E-state index in [1.165, 1.54) is 12.3 Å². The fraction of sp³-hybridized carbons (Fsp3) is 0.222. The van der Waals surface area contributed by atoms with E-state index < -0.39 is 10.0 Å². The molecule has 2 rings (SSSR count). The van der Waals surface area contributed by atoms with Crippen molar-refractivity contribution in [2.75, 3.05) is 4.72 Å². The van der Waals surface area contributed by atoms with E-state index in [0.717, 1.165) is 0 Å². The van der Waals surface area contributed by atoms with E-state index in [1.54, 1.807) is 18.5 Å². The lowest BCUT2D eigenvalue weighted by Crippen LogP contribution is -2.14. The molecule has 2 heterocycles. The number of anilines is 1. The van der Waals surface area contributed by atoms with Gasteiger partial charge in [0.1, 0.15) is 16.8 Å². The Hall–Kier alpha value is -1.38. The van der Waals surface area contributed by atoms with Crippen molar-refractivity contribution in [1.29, 1.82) is 0 Å². The summed E-state index contributed by atoms with van der Waals surface area (Å²) in [5.74, 6) is 0.549. The highest BCUT2D eigenvalue weighted by Gasteiger charge is 2.19. The molecule has 2 aromatic rings. The Balaban J connectivity index is 2.36. The molecule has 0 unspecified atom stereocenters. The van der Waals surface area contributed by atoms with Gasteiger partial charge in [0.2, 0.25) is 5.28 Å². The van der Waals surface area contributed by atoms with Gasteiger partial charge in [-0.3, -0.25) is 4.72 Å². The summed E-state index contributed by atoms with van der Waals surface area (Å²) in [6, 6.07) is 1.25. The Morgan fingerprint density at radius 2 is 1.95 bits per heavy atom. The number of aromatic nitrogens is 4. The van der Waals surface area contributed by atoms with Gasteiger partial charge in [0, 0.05) is 19.3 Å². The molecule has 0 amide bonds. The number of sulfonamides is 1. The second kappa shape index (κ2) is 4.95. The maximum Gasteiger partial charge on any atom is 0.282 e. The van der Waals surface area contributed by atoms with Gasteiger partial charge in [-0.2, -0.15) is 13.4 Å². The summed E-state index contributed by atoms with van der Waals surface area (Å²) in [6.45, 7) is 1.69. The summed E-state index contributed by atoms with van der Waals surface area (Å²) < 4.78 is 27.9. The van der Waals surface area contributed by atoms with E-state index in [4.69, 9.17) is 23.2 Å². The lowest BCUT2D eigenvalue weighted by Gasteiger charge is -2.04. The van der Waals surface area contributed by atoms with Crippen molar-refractivity contribution in [2.45, 2.75) is 11.9 Å². The minimum absolute atomic E-state index is 0.0201. The van der Waals surface area contributed by atoms with Gasteiger partial charge >= 0.3 is 0 Å². The Morgan fingerprint density at radius 3 is 2.47 bits per heavy atom. The van der Waals surface area contributed by atoms with Gasteiger partial charge in [-0.1, -0.05) is 11.6 Å². The first-order chi connectivity index (χ1) is 8.78. The number of aryl methyl sites for hydroxylation is 2. The van der Waals surface area contributed by atoms with Crippen LogP contribution in [0.4, 0.5) is 5.82 Å². The molecule has 0 saturated carbocycles. The highest BCUT2D eigenvalue weighted by molar-refractivity contribution is 7.92. The smallest absolute Gasteiger partial charge is 0.282 e. The number of hydrogen-bond donors (Lipinski definition) is 1. The van der Waals surface area contributed by atoms with Crippen molar-refractivity contribution >= 4 is 39.0 Å². The fourth-order valence-electron chi connectivity index (χ4n) is 1.29. The minimum atomic E-state index is -3.84. The quantitative estimate of drug-likeness (QED) is 0.685. The normalized spacial score (nSPS) is 11.6. The molecule has 10 heteroatoms. The van der Waals surface area contributed by atoms with Crippen LogP contribution in [-0.2, 0) is 17.1 Å². The van der Waals surface area contributed by atoms with E-state index in [0.29, 0.717) is 5.82 Å². The van der Waals surface area contributed by atoms with E-state index in [1.807, 2.05) is 0 Å². The molecule has 1 N–H and O–H groups in total. The van der Waals surface area contributed by atoms with Crippen molar-refractivity contribution in [1.82, 2.24) is 19.5 Å². The number of imidazole rings is 1. The number of halogens is 2. The third kappa shape index (κ3) is 3.14. The van der Waals surface area contributed by atoms with Crippen LogP contribution in [0, 0.1) is 6.92 Å². The maximum atomic E-state index is 12.1. The standard InChI is InChI=1S/C9H9Cl2N5O2S/c1-5-12-8(4-16(5)2)19(17,18)15-7-3-6(10)13-9(11)14-7/h3-4H,1-2H3,(H,13,14,15). The summed E-state index contributed by atoms with van der Waals surface area (Å²) in [4.78, 5) is 11.3. The van der Waals surface area contributed by atoms with Gasteiger partial charge in [-0.05, 0) is 18.5 Å². The van der Waals surface area contributed by atoms with Crippen LogP contribution in [0.2, 0.25) is 10.4 Å². The van der Waals surface area contributed by atoms with Crippen molar-refractivity contribution in [3.05, 3.63) is 28.5 Å². The molecule has 0 radical (unpaired) electrons. The second-order valence-corrected chi connectivity index (χ2v) is 6.04. The van der Waals surface area contributed by atoms with Crippen molar-refractivity contribution in [3.63, 3.8) is 0 Å². The predicted octanol–water partition coefficient (Wildman–Crippen LogP) is 1.63. The van der Waals surface area contributed by atoms with Crippen LogP contribution in [0.1, 0.15) is 5.82 Å². The summed E-state index contributed by atoms with van der Waals surface area (Å²) in [7, 11) is -2.14. The highest BCUT2D eigenvalue weighted by atomic mass is 35.5. The second-order valence-electron chi connectivity index (χ2n) is 3.69. The number of hydrogen-bond acceptors (Lipinski definition) is 5.